The van der Waals surface area contributed by atoms with Crippen molar-refractivity contribution in [3.05, 3.63) is 95.1 Å². The number of carbonyl (C=O) groups is 1. The summed E-state index contributed by atoms with van der Waals surface area (Å²) in [5, 5.41) is 16.2. The number of rotatable bonds is 5. The third kappa shape index (κ3) is 3.86. The predicted molar refractivity (Wildman–Crippen MR) is 124 cm³/mol. The van der Waals surface area contributed by atoms with Crippen LogP contribution in [-0.4, -0.2) is 43.0 Å². The molecule has 0 aliphatic rings. The molecule has 8 heteroatoms. The molecule has 0 atom stereocenters. The Morgan fingerprint density at radius 2 is 1.75 bits per heavy atom. The molecule has 5 aromatic rings. The van der Waals surface area contributed by atoms with Gasteiger partial charge in [-0.1, -0.05) is 41.9 Å². The topological polar surface area (TPSA) is 79.7 Å². The SMILES string of the molecule is CN(Cc1cn(-c2ccccc2)nc1-c1ccc(Cl)cc1)C(=O)c1ccc2n[nH]nc2c1. The molecule has 7 nitrogen and oxygen atoms in total. The van der Waals surface area contributed by atoms with E-state index in [4.69, 9.17) is 16.7 Å². The maximum absolute atomic E-state index is 13.1. The van der Waals surface area contributed by atoms with Crippen molar-refractivity contribution in [1.29, 1.82) is 0 Å². The number of nitrogens with one attached hydrogen (secondary N) is 1. The number of benzene rings is 3. The quantitative estimate of drug-likeness (QED) is 0.426. The molecule has 2 heterocycles. The van der Waals surface area contributed by atoms with Crippen molar-refractivity contribution in [2.45, 2.75) is 6.54 Å². The van der Waals surface area contributed by atoms with Gasteiger partial charge in [-0.3, -0.25) is 4.79 Å². The van der Waals surface area contributed by atoms with Crippen LogP contribution in [0.1, 0.15) is 15.9 Å². The molecule has 0 saturated carbocycles. The summed E-state index contributed by atoms with van der Waals surface area (Å²) in [6, 6.07) is 22.7. The van der Waals surface area contributed by atoms with E-state index in [1.165, 1.54) is 0 Å². The van der Waals surface area contributed by atoms with E-state index in [-0.39, 0.29) is 5.91 Å². The first-order valence-corrected chi connectivity index (χ1v) is 10.4. The molecule has 0 aliphatic heterocycles. The fourth-order valence-corrected chi connectivity index (χ4v) is 3.74. The van der Waals surface area contributed by atoms with Crippen LogP contribution in [0.3, 0.4) is 0 Å². The lowest BCUT2D eigenvalue weighted by Gasteiger charge is -2.17. The zero-order valence-electron chi connectivity index (χ0n) is 17.2. The Morgan fingerprint density at radius 1 is 1.00 bits per heavy atom. The first-order chi connectivity index (χ1) is 15.6. The molecule has 0 radical (unpaired) electrons. The van der Waals surface area contributed by atoms with E-state index in [0.717, 1.165) is 28.0 Å². The van der Waals surface area contributed by atoms with Crippen LogP contribution in [0.15, 0.2) is 79.0 Å². The number of hydrogen-bond donors (Lipinski definition) is 1. The third-order valence-corrected chi connectivity index (χ3v) is 5.50. The Balaban J connectivity index is 1.48. The summed E-state index contributed by atoms with van der Waals surface area (Å²) in [4.78, 5) is 14.8. The zero-order chi connectivity index (χ0) is 22.1. The Kier molecular flexibility index (Phi) is 5.17. The molecule has 1 amide bonds. The standard InChI is InChI=1S/C24H19ClN6O/c1-30(24(32)17-9-12-21-22(13-17)27-29-26-21)14-18-15-31(20-5-3-2-4-6-20)28-23(18)16-7-10-19(25)11-8-16/h2-13,15H,14H2,1H3,(H,26,27,29). The van der Waals surface area contributed by atoms with Gasteiger partial charge in [-0.15, -0.1) is 0 Å². The average Bonchev–Trinajstić information content (AvgIpc) is 3.46. The monoisotopic (exact) mass is 442 g/mol. The highest BCUT2D eigenvalue weighted by Gasteiger charge is 2.18. The lowest BCUT2D eigenvalue weighted by atomic mass is 10.1. The summed E-state index contributed by atoms with van der Waals surface area (Å²) in [6.45, 7) is 0.389. The largest absolute Gasteiger partial charge is 0.337 e. The van der Waals surface area contributed by atoms with Crippen molar-refractivity contribution in [1.82, 2.24) is 30.1 Å². The van der Waals surface area contributed by atoms with E-state index in [0.29, 0.717) is 22.6 Å². The molecule has 5 rings (SSSR count). The van der Waals surface area contributed by atoms with Crippen LogP contribution in [0, 0.1) is 0 Å². The number of hydrogen-bond acceptors (Lipinski definition) is 4. The predicted octanol–water partition coefficient (Wildman–Crippen LogP) is 4.74. The van der Waals surface area contributed by atoms with Crippen molar-refractivity contribution in [3.8, 4) is 16.9 Å². The van der Waals surface area contributed by atoms with Gasteiger partial charge in [0, 0.05) is 41.5 Å². The van der Waals surface area contributed by atoms with Crippen LogP contribution in [-0.2, 0) is 6.54 Å². The van der Waals surface area contributed by atoms with Gasteiger partial charge in [-0.05, 0) is 42.5 Å². The molecule has 0 saturated heterocycles. The van der Waals surface area contributed by atoms with E-state index < -0.39 is 0 Å². The van der Waals surface area contributed by atoms with E-state index in [2.05, 4.69) is 15.4 Å². The first kappa shape index (κ1) is 20.0. The lowest BCUT2D eigenvalue weighted by molar-refractivity contribution is 0.0785. The molecule has 0 spiro atoms. The maximum atomic E-state index is 13.1. The van der Waals surface area contributed by atoms with Crippen LogP contribution in [0.25, 0.3) is 28.0 Å². The van der Waals surface area contributed by atoms with Crippen LogP contribution in [0.2, 0.25) is 5.02 Å². The molecule has 1 N–H and O–H groups in total. The van der Waals surface area contributed by atoms with Gasteiger partial charge in [0.05, 0.1) is 11.4 Å². The zero-order valence-corrected chi connectivity index (χ0v) is 18.0. The smallest absolute Gasteiger partial charge is 0.253 e. The summed E-state index contributed by atoms with van der Waals surface area (Å²) >= 11 is 6.08. The molecule has 158 valence electrons. The number of nitrogens with zero attached hydrogens (tertiary/aromatic N) is 5. The molecule has 0 fully saturated rings. The van der Waals surface area contributed by atoms with E-state index in [9.17, 15) is 4.79 Å². The fourth-order valence-electron chi connectivity index (χ4n) is 3.61. The Morgan fingerprint density at radius 3 is 2.53 bits per heavy atom. The molecular weight excluding hydrogens is 424 g/mol. The van der Waals surface area contributed by atoms with Gasteiger partial charge in [0.2, 0.25) is 0 Å². The minimum atomic E-state index is -0.107. The van der Waals surface area contributed by atoms with Crippen molar-refractivity contribution in [2.24, 2.45) is 0 Å². The second-order valence-electron chi connectivity index (χ2n) is 7.48. The van der Waals surface area contributed by atoms with Crippen LogP contribution in [0.5, 0.6) is 0 Å². The minimum Gasteiger partial charge on any atom is -0.337 e. The number of fused-ring (bicyclic) bond motifs is 1. The van der Waals surface area contributed by atoms with Crippen molar-refractivity contribution in [2.75, 3.05) is 7.05 Å². The van der Waals surface area contributed by atoms with Crippen molar-refractivity contribution in [3.63, 3.8) is 0 Å². The first-order valence-electron chi connectivity index (χ1n) is 10.0. The number of aromatic amines is 1. The second-order valence-corrected chi connectivity index (χ2v) is 7.91. The lowest BCUT2D eigenvalue weighted by Crippen LogP contribution is -2.26. The Hall–Kier alpha value is -3.97. The molecule has 3 aromatic carbocycles. The summed E-state index contributed by atoms with van der Waals surface area (Å²) in [5.41, 5.74) is 5.54. The fraction of sp³-hybridized carbons (Fsp3) is 0.0833. The summed E-state index contributed by atoms with van der Waals surface area (Å²) in [7, 11) is 1.78. The number of carbonyl (C=O) groups excluding carboxylic acids is 1. The highest BCUT2D eigenvalue weighted by atomic mass is 35.5. The van der Waals surface area contributed by atoms with Crippen LogP contribution in [0.4, 0.5) is 0 Å². The van der Waals surface area contributed by atoms with Gasteiger partial charge < -0.3 is 4.90 Å². The summed E-state index contributed by atoms with van der Waals surface area (Å²) in [6.07, 6.45) is 1.96. The maximum Gasteiger partial charge on any atom is 0.253 e. The average molecular weight is 443 g/mol. The second kappa shape index (κ2) is 8.28. The van der Waals surface area contributed by atoms with Gasteiger partial charge in [0.1, 0.15) is 11.0 Å². The number of amides is 1. The number of aromatic nitrogens is 5. The molecular formula is C24H19ClN6O. The van der Waals surface area contributed by atoms with Crippen molar-refractivity contribution < 1.29 is 4.79 Å². The Bertz CT molecular complexity index is 1390. The highest BCUT2D eigenvalue weighted by molar-refractivity contribution is 6.30. The molecule has 0 bridgehead atoms. The van der Waals surface area contributed by atoms with Gasteiger partial charge in [-0.25, -0.2) is 4.68 Å². The van der Waals surface area contributed by atoms with Gasteiger partial charge in [-0.2, -0.15) is 20.5 Å². The van der Waals surface area contributed by atoms with Gasteiger partial charge in [0.25, 0.3) is 5.91 Å². The Labute approximate surface area is 189 Å². The molecule has 32 heavy (non-hydrogen) atoms. The third-order valence-electron chi connectivity index (χ3n) is 5.25. The van der Waals surface area contributed by atoms with Crippen LogP contribution >= 0.6 is 11.6 Å². The van der Waals surface area contributed by atoms with Crippen LogP contribution < -0.4 is 0 Å². The van der Waals surface area contributed by atoms with Gasteiger partial charge in [0.15, 0.2) is 0 Å². The highest BCUT2D eigenvalue weighted by Crippen LogP contribution is 2.26. The molecule has 0 unspecified atom stereocenters. The number of para-hydroxylation sites is 1. The normalized spacial score (nSPS) is 11.1. The number of halogens is 1. The summed E-state index contributed by atoms with van der Waals surface area (Å²) < 4.78 is 1.83. The molecule has 2 aromatic heterocycles. The van der Waals surface area contributed by atoms with E-state index >= 15 is 0 Å². The minimum absolute atomic E-state index is 0.107. The summed E-state index contributed by atoms with van der Waals surface area (Å²) in [5.74, 6) is -0.107. The number of H-pyrrole nitrogens is 1. The van der Waals surface area contributed by atoms with Crippen molar-refractivity contribution >= 4 is 28.5 Å². The van der Waals surface area contributed by atoms with Gasteiger partial charge >= 0.3 is 0 Å². The van der Waals surface area contributed by atoms with E-state index in [1.54, 1.807) is 30.1 Å². The molecule has 0 aliphatic carbocycles. The van der Waals surface area contributed by atoms with E-state index in [1.807, 2.05) is 65.5 Å².